The van der Waals surface area contributed by atoms with Crippen LogP contribution in [0.15, 0.2) is 24.3 Å². The van der Waals surface area contributed by atoms with E-state index in [1.165, 1.54) is 19.3 Å². The molecule has 0 unspecified atom stereocenters. The minimum atomic E-state index is -3.22. The predicted molar refractivity (Wildman–Crippen MR) is 127 cm³/mol. The van der Waals surface area contributed by atoms with Crippen LogP contribution in [0.3, 0.4) is 0 Å². The third-order valence-electron chi connectivity index (χ3n) is 6.39. The van der Waals surface area contributed by atoms with Crippen LogP contribution in [0.4, 0.5) is 0 Å². The summed E-state index contributed by atoms with van der Waals surface area (Å²) < 4.78 is 32.5. The molecule has 6 nitrogen and oxygen atoms in total. The first kappa shape index (κ1) is 24.4. The van der Waals surface area contributed by atoms with E-state index in [2.05, 4.69) is 6.92 Å². The first-order valence-electron chi connectivity index (χ1n) is 11.5. The van der Waals surface area contributed by atoms with Crippen molar-refractivity contribution in [1.82, 2.24) is 9.21 Å². The molecule has 1 aromatic rings. The number of carbonyl (C=O) groups is 1. The predicted octanol–water partition coefficient (Wildman–Crippen LogP) is 4.37. The molecule has 0 saturated carbocycles. The summed E-state index contributed by atoms with van der Waals surface area (Å²) in [6.45, 7) is 3.87. The van der Waals surface area contributed by atoms with Gasteiger partial charge < -0.3 is 9.64 Å². The van der Waals surface area contributed by atoms with Gasteiger partial charge in [-0.3, -0.25) is 4.79 Å². The van der Waals surface area contributed by atoms with Crippen molar-refractivity contribution < 1.29 is 17.9 Å². The monoisotopic (exact) mass is 468 g/mol. The minimum Gasteiger partial charge on any atom is -0.497 e. The Hall–Kier alpha value is -1.25. The van der Waals surface area contributed by atoms with Crippen molar-refractivity contribution in [3.05, 3.63) is 29.8 Å². The zero-order valence-corrected chi connectivity index (χ0v) is 20.5. The zero-order valence-electron chi connectivity index (χ0n) is 18.8. The average molecular weight is 469 g/mol. The van der Waals surface area contributed by atoms with E-state index in [4.69, 9.17) is 4.74 Å². The second-order valence-electron chi connectivity index (χ2n) is 8.47. The third kappa shape index (κ3) is 5.96. The zero-order chi connectivity index (χ0) is 22.3. The van der Waals surface area contributed by atoms with E-state index in [1.807, 2.05) is 23.1 Å². The fraction of sp³-hybridized carbons (Fsp3) is 0.696. The highest BCUT2D eigenvalue weighted by Crippen LogP contribution is 2.45. The topological polar surface area (TPSA) is 66.9 Å². The number of rotatable bonds is 10. The molecule has 0 aromatic heterocycles. The van der Waals surface area contributed by atoms with Crippen molar-refractivity contribution in [3.8, 4) is 5.75 Å². The van der Waals surface area contributed by atoms with Gasteiger partial charge in [0, 0.05) is 31.0 Å². The standard InChI is InChI=1S/C23H36N2O4S2/c1-3-4-5-6-7-8-18-31(27,28)24-14-12-23(13-15-24)25(16-17-30-23)22(26)20-10-9-11-21(19-20)29-2/h9-11,19H,3-8,12-18H2,1-2H3. The van der Waals surface area contributed by atoms with Gasteiger partial charge in [-0.15, -0.1) is 11.8 Å². The van der Waals surface area contributed by atoms with Gasteiger partial charge in [0.25, 0.3) is 5.91 Å². The Morgan fingerprint density at radius 2 is 1.81 bits per heavy atom. The molecule has 174 valence electrons. The van der Waals surface area contributed by atoms with E-state index in [0.29, 0.717) is 43.8 Å². The summed E-state index contributed by atoms with van der Waals surface area (Å²) in [5.74, 6) is 1.81. The summed E-state index contributed by atoms with van der Waals surface area (Å²) in [5.41, 5.74) is 0.624. The molecular weight excluding hydrogens is 432 g/mol. The van der Waals surface area contributed by atoms with Crippen molar-refractivity contribution in [2.45, 2.75) is 63.2 Å². The van der Waals surface area contributed by atoms with Crippen LogP contribution in [-0.2, 0) is 10.0 Å². The van der Waals surface area contributed by atoms with Crippen LogP contribution in [0, 0.1) is 0 Å². The molecule has 2 saturated heterocycles. The molecule has 2 aliphatic heterocycles. The van der Waals surface area contributed by atoms with E-state index in [-0.39, 0.29) is 16.5 Å². The maximum Gasteiger partial charge on any atom is 0.255 e. The quantitative estimate of drug-likeness (QED) is 0.477. The van der Waals surface area contributed by atoms with Crippen LogP contribution in [0.1, 0.15) is 68.6 Å². The molecule has 1 spiro atoms. The highest BCUT2D eigenvalue weighted by Gasteiger charge is 2.47. The lowest BCUT2D eigenvalue weighted by Gasteiger charge is -2.43. The normalized spacial score (nSPS) is 19.1. The van der Waals surface area contributed by atoms with Gasteiger partial charge in [0.15, 0.2) is 0 Å². The van der Waals surface area contributed by atoms with Gasteiger partial charge in [-0.1, -0.05) is 45.1 Å². The second kappa shape index (κ2) is 11.1. The van der Waals surface area contributed by atoms with Crippen molar-refractivity contribution in [3.63, 3.8) is 0 Å². The number of piperidine rings is 1. The molecule has 2 fully saturated rings. The molecule has 0 N–H and O–H groups in total. The molecule has 0 aliphatic carbocycles. The lowest BCUT2D eigenvalue weighted by molar-refractivity contribution is 0.0605. The number of benzene rings is 1. The van der Waals surface area contributed by atoms with Gasteiger partial charge >= 0.3 is 0 Å². The van der Waals surface area contributed by atoms with Crippen LogP contribution >= 0.6 is 11.8 Å². The average Bonchev–Trinajstić information content (AvgIpc) is 3.18. The Balaban J connectivity index is 1.57. The molecular formula is C23H36N2O4S2. The highest BCUT2D eigenvalue weighted by molar-refractivity contribution is 8.00. The number of amides is 1. The minimum absolute atomic E-state index is 0.00675. The summed E-state index contributed by atoms with van der Waals surface area (Å²) in [5, 5.41) is 0. The maximum absolute atomic E-state index is 13.2. The van der Waals surface area contributed by atoms with Crippen LogP contribution in [0.5, 0.6) is 5.75 Å². The van der Waals surface area contributed by atoms with Crippen molar-refractivity contribution >= 4 is 27.7 Å². The number of methoxy groups -OCH3 is 1. The van der Waals surface area contributed by atoms with E-state index in [1.54, 1.807) is 29.2 Å². The molecule has 31 heavy (non-hydrogen) atoms. The van der Waals surface area contributed by atoms with Gasteiger partial charge in [-0.25, -0.2) is 12.7 Å². The summed E-state index contributed by atoms with van der Waals surface area (Å²) in [6, 6.07) is 7.26. The van der Waals surface area contributed by atoms with E-state index in [9.17, 15) is 13.2 Å². The fourth-order valence-electron chi connectivity index (χ4n) is 4.53. The number of hydrogen-bond acceptors (Lipinski definition) is 5. The van der Waals surface area contributed by atoms with Crippen LogP contribution in [-0.4, -0.2) is 66.7 Å². The van der Waals surface area contributed by atoms with E-state index >= 15 is 0 Å². The van der Waals surface area contributed by atoms with E-state index in [0.717, 1.165) is 25.0 Å². The van der Waals surface area contributed by atoms with Crippen molar-refractivity contribution in [2.75, 3.05) is 38.2 Å². The van der Waals surface area contributed by atoms with Gasteiger partial charge in [-0.2, -0.15) is 0 Å². The Labute approximate surface area is 191 Å². The van der Waals surface area contributed by atoms with Gasteiger partial charge in [0.05, 0.1) is 17.7 Å². The molecule has 2 aliphatic rings. The summed E-state index contributed by atoms with van der Waals surface area (Å²) in [7, 11) is -1.62. The molecule has 3 rings (SSSR count). The van der Waals surface area contributed by atoms with Gasteiger partial charge in [0.2, 0.25) is 10.0 Å². The summed E-state index contributed by atoms with van der Waals surface area (Å²) in [4.78, 5) is 14.9. The molecule has 1 aromatic carbocycles. The SMILES string of the molecule is CCCCCCCCS(=O)(=O)N1CCC2(CC1)SCCN2C(=O)c1cccc(OC)c1. The molecule has 1 amide bonds. The lowest BCUT2D eigenvalue weighted by atomic mass is 10.0. The molecule has 8 heteroatoms. The molecule has 0 bridgehead atoms. The molecule has 0 radical (unpaired) electrons. The largest absolute Gasteiger partial charge is 0.497 e. The number of carbonyl (C=O) groups excluding carboxylic acids is 1. The molecule has 0 atom stereocenters. The number of thioether (sulfide) groups is 1. The van der Waals surface area contributed by atoms with Crippen LogP contribution in [0.2, 0.25) is 0 Å². The van der Waals surface area contributed by atoms with Crippen molar-refractivity contribution in [1.29, 1.82) is 0 Å². The summed E-state index contributed by atoms with van der Waals surface area (Å²) in [6.07, 6.45) is 7.82. The van der Waals surface area contributed by atoms with Gasteiger partial charge in [-0.05, 0) is 37.5 Å². The Bertz CT molecular complexity index is 836. The second-order valence-corrected chi connectivity index (χ2v) is 12.0. The number of unbranched alkanes of at least 4 members (excludes halogenated alkanes) is 5. The van der Waals surface area contributed by atoms with Crippen LogP contribution in [0.25, 0.3) is 0 Å². The number of sulfonamides is 1. The van der Waals surface area contributed by atoms with E-state index < -0.39 is 10.0 Å². The van der Waals surface area contributed by atoms with Gasteiger partial charge in [0.1, 0.15) is 5.75 Å². The smallest absolute Gasteiger partial charge is 0.255 e. The molecule has 2 heterocycles. The number of nitrogens with zero attached hydrogens (tertiary/aromatic N) is 2. The highest BCUT2D eigenvalue weighted by atomic mass is 32.2. The first-order valence-corrected chi connectivity index (χ1v) is 14.1. The lowest BCUT2D eigenvalue weighted by Crippen LogP contribution is -2.53. The third-order valence-corrected chi connectivity index (χ3v) is 9.90. The Morgan fingerprint density at radius 3 is 2.52 bits per heavy atom. The Kier molecular flexibility index (Phi) is 8.70. The Morgan fingerprint density at radius 1 is 1.10 bits per heavy atom. The first-order chi connectivity index (χ1) is 14.9. The fourth-order valence-corrected chi connectivity index (χ4v) is 7.55. The van der Waals surface area contributed by atoms with Crippen LogP contribution < -0.4 is 4.74 Å². The van der Waals surface area contributed by atoms with Crippen molar-refractivity contribution in [2.24, 2.45) is 0 Å². The maximum atomic E-state index is 13.2. The number of ether oxygens (including phenoxy) is 1. The number of hydrogen-bond donors (Lipinski definition) is 0. The summed E-state index contributed by atoms with van der Waals surface area (Å²) >= 11 is 1.80.